The van der Waals surface area contributed by atoms with E-state index in [0.29, 0.717) is 5.75 Å². The van der Waals surface area contributed by atoms with Crippen molar-refractivity contribution < 1.29 is 14.3 Å². The Morgan fingerprint density at radius 1 is 1.43 bits per heavy atom. The van der Waals surface area contributed by atoms with Gasteiger partial charge < -0.3 is 4.74 Å². The third-order valence-electron chi connectivity index (χ3n) is 1.48. The second kappa shape index (κ2) is 4.98. The summed E-state index contributed by atoms with van der Waals surface area (Å²) >= 11 is 0. The SMILES string of the molecule is NNC(=O)C([C]=O)Oc1ccccc1. The first-order chi connectivity index (χ1) is 6.77. The van der Waals surface area contributed by atoms with E-state index in [1.165, 1.54) is 6.29 Å². The minimum atomic E-state index is -1.33. The molecule has 0 bridgehead atoms. The molecule has 3 N–H and O–H groups in total. The largest absolute Gasteiger partial charge is 0.472 e. The van der Waals surface area contributed by atoms with Crippen LogP contribution in [0, 0.1) is 0 Å². The first-order valence-corrected chi connectivity index (χ1v) is 3.87. The van der Waals surface area contributed by atoms with E-state index in [-0.39, 0.29) is 0 Å². The number of para-hydroxylation sites is 1. The quantitative estimate of drug-likeness (QED) is 0.293. The maximum absolute atomic E-state index is 10.9. The Morgan fingerprint density at radius 3 is 2.57 bits per heavy atom. The molecule has 1 radical (unpaired) electrons. The van der Waals surface area contributed by atoms with Gasteiger partial charge in [0.1, 0.15) is 5.75 Å². The number of hydrogen-bond acceptors (Lipinski definition) is 4. The lowest BCUT2D eigenvalue weighted by Gasteiger charge is -2.10. The van der Waals surface area contributed by atoms with E-state index in [4.69, 9.17) is 10.6 Å². The van der Waals surface area contributed by atoms with Crippen molar-refractivity contribution in [1.29, 1.82) is 0 Å². The summed E-state index contributed by atoms with van der Waals surface area (Å²) in [6.45, 7) is 0. The molecule has 0 spiro atoms. The average molecular weight is 193 g/mol. The highest BCUT2D eigenvalue weighted by Gasteiger charge is 2.19. The average Bonchev–Trinajstić information content (AvgIpc) is 2.26. The third-order valence-corrected chi connectivity index (χ3v) is 1.48. The number of carbonyl (C=O) groups is 1. The normalized spacial score (nSPS) is 11.5. The molecule has 14 heavy (non-hydrogen) atoms. The van der Waals surface area contributed by atoms with Crippen molar-refractivity contribution in [1.82, 2.24) is 5.43 Å². The molecule has 1 rings (SSSR count). The summed E-state index contributed by atoms with van der Waals surface area (Å²) in [6.07, 6.45) is 0.106. The Balaban J connectivity index is 2.66. The molecule has 73 valence electrons. The van der Waals surface area contributed by atoms with Gasteiger partial charge in [0.25, 0.3) is 12.2 Å². The molecule has 1 aromatic carbocycles. The molecule has 5 nitrogen and oxygen atoms in total. The minimum absolute atomic E-state index is 0.407. The molecule has 0 aromatic heterocycles. The monoisotopic (exact) mass is 193 g/mol. The number of amides is 1. The number of nitrogens with two attached hydrogens (primary N) is 1. The van der Waals surface area contributed by atoms with Crippen molar-refractivity contribution in [3.8, 4) is 5.75 Å². The summed E-state index contributed by atoms with van der Waals surface area (Å²) in [5.74, 6) is 4.52. The minimum Gasteiger partial charge on any atom is -0.472 e. The molecular weight excluding hydrogens is 184 g/mol. The molecular formula is C9H9N2O3. The predicted octanol–water partition coefficient (Wildman–Crippen LogP) is -0.466. The van der Waals surface area contributed by atoms with Gasteiger partial charge >= 0.3 is 0 Å². The van der Waals surface area contributed by atoms with E-state index >= 15 is 0 Å². The van der Waals surface area contributed by atoms with Gasteiger partial charge in [0, 0.05) is 0 Å². The van der Waals surface area contributed by atoms with Gasteiger partial charge in [0.05, 0.1) is 0 Å². The Kier molecular flexibility index (Phi) is 3.63. The van der Waals surface area contributed by atoms with Gasteiger partial charge in [-0.25, -0.2) is 5.84 Å². The second-order valence-electron chi connectivity index (χ2n) is 2.44. The molecule has 1 aromatic rings. The van der Waals surface area contributed by atoms with Gasteiger partial charge in [-0.2, -0.15) is 0 Å². The lowest BCUT2D eigenvalue weighted by atomic mass is 10.3. The fourth-order valence-electron chi connectivity index (χ4n) is 0.842. The number of hydrogen-bond donors (Lipinski definition) is 2. The smallest absolute Gasteiger partial charge is 0.283 e. The lowest BCUT2D eigenvalue weighted by Crippen LogP contribution is -2.42. The molecule has 5 heteroatoms. The van der Waals surface area contributed by atoms with Gasteiger partial charge in [0.15, 0.2) is 0 Å². The second-order valence-corrected chi connectivity index (χ2v) is 2.44. The van der Waals surface area contributed by atoms with Crippen LogP contribution in [0.5, 0.6) is 5.75 Å². The molecule has 1 unspecified atom stereocenters. The van der Waals surface area contributed by atoms with Gasteiger partial charge in [-0.15, -0.1) is 0 Å². The van der Waals surface area contributed by atoms with E-state index in [2.05, 4.69) is 0 Å². The summed E-state index contributed by atoms with van der Waals surface area (Å²) in [4.78, 5) is 21.3. The number of carbonyl (C=O) groups excluding carboxylic acids is 2. The number of hydrazine groups is 1. The van der Waals surface area contributed by atoms with Crippen LogP contribution in [0.1, 0.15) is 0 Å². The van der Waals surface area contributed by atoms with Gasteiger partial charge in [-0.1, -0.05) is 18.2 Å². The standard InChI is InChI=1S/C9H9N2O3/c10-11-9(13)8(6-12)14-7-4-2-1-3-5-7/h1-5,8H,10H2,(H,11,13). The highest BCUT2D eigenvalue weighted by Crippen LogP contribution is 2.09. The Hall–Kier alpha value is -1.88. The topological polar surface area (TPSA) is 81.4 Å². The molecule has 0 aliphatic rings. The van der Waals surface area contributed by atoms with Gasteiger partial charge in [-0.3, -0.25) is 15.0 Å². The molecule has 0 fully saturated rings. The predicted molar refractivity (Wildman–Crippen MR) is 48.9 cm³/mol. The van der Waals surface area contributed by atoms with Crippen molar-refractivity contribution in [2.24, 2.45) is 5.84 Å². The summed E-state index contributed by atoms with van der Waals surface area (Å²) in [5, 5.41) is 0. The van der Waals surface area contributed by atoms with E-state index in [9.17, 15) is 9.59 Å². The molecule has 0 saturated heterocycles. The van der Waals surface area contributed by atoms with Crippen LogP contribution in [0.2, 0.25) is 0 Å². The highest BCUT2D eigenvalue weighted by molar-refractivity contribution is 5.94. The van der Waals surface area contributed by atoms with Crippen molar-refractivity contribution >= 4 is 12.2 Å². The van der Waals surface area contributed by atoms with Gasteiger partial charge in [0.2, 0.25) is 6.10 Å². The Labute approximate surface area is 80.8 Å². The summed E-state index contributed by atoms with van der Waals surface area (Å²) in [5.41, 5.74) is 1.81. The van der Waals surface area contributed by atoms with Crippen molar-refractivity contribution in [2.75, 3.05) is 0 Å². The van der Waals surface area contributed by atoms with Crippen LogP contribution >= 0.6 is 0 Å². The van der Waals surface area contributed by atoms with E-state index in [1.807, 2.05) is 5.43 Å². The molecule has 0 aliphatic carbocycles. The summed E-state index contributed by atoms with van der Waals surface area (Å²) in [7, 11) is 0. The van der Waals surface area contributed by atoms with Crippen LogP contribution in [-0.4, -0.2) is 18.3 Å². The maximum Gasteiger partial charge on any atom is 0.283 e. The first kappa shape index (κ1) is 10.2. The number of ether oxygens (including phenoxy) is 1. The van der Waals surface area contributed by atoms with Crippen LogP contribution in [0.15, 0.2) is 30.3 Å². The summed E-state index contributed by atoms with van der Waals surface area (Å²) in [6, 6.07) is 8.47. The molecule has 1 atom stereocenters. The zero-order valence-corrected chi connectivity index (χ0v) is 7.27. The zero-order chi connectivity index (χ0) is 10.4. The Bertz CT molecular complexity index is 313. The van der Waals surface area contributed by atoms with Crippen molar-refractivity contribution in [3.63, 3.8) is 0 Å². The number of rotatable bonds is 4. The number of nitrogens with one attached hydrogen (secondary N) is 1. The molecule has 1 amide bonds. The zero-order valence-electron chi connectivity index (χ0n) is 7.27. The molecule has 0 saturated carbocycles. The fourth-order valence-corrected chi connectivity index (χ4v) is 0.842. The first-order valence-electron chi connectivity index (χ1n) is 3.87. The van der Waals surface area contributed by atoms with Crippen molar-refractivity contribution in [2.45, 2.75) is 6.10 Å². The van der Waals surface area contributed by atoms with E-state index in [0.717, 1.165) is 0 Å². The highest BCUT2D eigenvalue weighted by atomic mass is 16.5. The van der Waals surface area contributed by atoms with Gasteiger partial charge in [-0.05, 0) is 12.1 Å². The number of benzene rings is 1. The van der Waals surface area contributed by atoms with Crippen LogP contribution in [0.3, 0.4) is 0 Å². The molecule has 0 aliphatic heterocycles. The third kappa shape index (κ3) is 2.56. The van der Waals surface area contributed by atoms with Crippen LogP contribution in [0.25, 0.3) is 0 Å². The Morgan fingerprint density at radius 2 is 2.07 bits per heavy atom. The van der Waals surface area contributed by atoms with Crippen LogP contribution in [-0.2, 0) is 9.59 Å². The van der Waals surface area contributed by atoms with Crippen molar-refractivity contribution in [3.05, 3.63) is 30.3 Å². The summed E-state index contributed by atoms with van der Waals surface area (Å²) < 4.78 is 5.00. The molecule has 0 heterocycles. The van der Waals surface area contributed by atoms with E-state index in [1.54, 1.807) is 30.3 Å². The lowest BCUT2D eigenvalue weighted by molar-refractivity contribution is -0.125. The van der Waals surface area contributed by atoms with Crippen LogP contribution < -0.4 is 16.0 Å². The van der Waals surface area contributed by atoms with E-state index < -0.39 is 12.0 Å². The maximum atomic E-state index is 10.9. The fraction of sp³-hybridized carbons (Fsp3) is 0.111. The van der Waals surface area contributed by atoms with Crippen LogP contribution in [0.4, 0.5) is 0 Å².